The Morgan fingerprint density at radius 1 is 1.42 bits per heavy atom. The zero-order valence-electron chi connectivity index (χ0n) is 6.51. The van der Waals surface area contributed by atoms with Crippen LogP contribution in [-0.2, 0) is 14.3 Å². The van der Waals surface area contributed by atoms with Gasteiger partial charge in [0.25, 0.3) is 0 Å². The first kappa shape index (κ1) is 10.8. The van der Waals surface area contributed by atoms with Crippen LogP contribution in [-0.4, -0.2) is 23.7 Å². The fraction of sp³-hybridized carbons (Fsp3) is 0.667. The Morgan fingerprint density at radius 2 is 1.83 bits per heavy atom. The van der Waals surface area contributed by atoms with Crippen LogP contribution in [0, 0.1) is 5.41 Å². The van der Waals surface area contributed by atoms with Crippen LogP contribution in [0.1, 0.15) is 13.8 Å². The molecule has 0 amide bonds. The molecule has 0 bridgehead atoms. The normalized spacial score (nSPS) is 11.4. The fourth-order valence-corrected chi connectivity index (χ4v) is 0.316. The first-order valence-electron chi connectivity index (χ1n) is 3.01. The van der Waals surface area contributed by atoms with E-state index in [2.05, 4.69) is 4.74 Å². The largest absolute Gasteiger partial charge is 0.480 e. The summed E-state index contributed by atoms with van der Waals surface area (Å²) in [6, 6.07) is 0. The van der Waals surface area contributed by atoms with E-state index in [0.29, 0.717) is 0 Å². The van der Waals surface area contributed by atoms with Gasteiger partial charge in [0.15, 0.2) is 5.41 Å². The second-order valence-corrected chi connectivity index (χ2v) is 2.60. The number of halogens is 2. The van der Waals surface area contributed by atoms with E-state index in [-0.39, 0.29) is 0 Å². The molecule has 0 saturated carbocycles. The molecular formula is C6H8F2O4. The molecule has 0 aromatic carbocycles. The number of esters is 1. The van der Waals surface area contributed by atoms with E-state index in [9.17, 15) is 18.4 Å². The molecule has 0 aliphatic rings. The minimum Gasteiger partial charge on any atom is -0.480 e. The SMILES string of the molecule is CC(C)(C(=O)O)C(=O)OC(F)F. The van der Waals surface area contributed by atoms with Crippen molar-refractivity contribution in [3.63, 3.8) is 0 Å². The summed E-state index contributed by atoms with van der Waals surface area (Å²) < 4.78 is 26.3. The van der Waals surface area contributed by atoms with Gasteiger partial charge in [-0.15, -0.1) is 0 Å². The van der Waals surface area contributed by atoms with Crippen molar-refractivity contribution < 1.29 is 28.2 Å². The molecule has 0 spiro atoms. The number of hydrogen-bond donors (Lipinski definition) is 1. The molecule has 0 fully saturated rings. The summed E-state index contributed by atoms with van der Waals surface area (Å²) in [5.74, 6) is -2.96. The summed E-state index contributed by atoms with van der Waals surface area (Å²) in [6.45, 7) is -1.31. The molecule has 0 saturated heterocycles. The van der Waals surface area contributed by atoms with Gasteiger partial charge >= 0.3 is 18.6 Å². The van der Waals surface area contributed by atoms with Gasteiger partial charge in [0.1, 0.15) is 0 Å². The molecule has 70 valence electrons. The van der Waals surface area contributed by atoms with Crippen molar-refractivity contribution in [3.05, 3.63) is 0 Å². The maximum Gasteiger partial charge on any atom is 0.389 e. The molecule has 0 unspecified atom stereocenters. The highest BCUT2D eigenvalue weighted by Gasteiger charge is 2.39. The number of carbonyl (C=O) groups excluding carboxylic acids is 1. The molecular weight excluding hydrogens is 174 g/mol. The van der Waals surface area contributed by atoms with Gasteiger partial charge in [-0.25, -0.2) is 0 Å². The van der Waals surface area contributed by atoms with Crippen molar-refractivity contribution in [1.82, 2.24) is 0 Å². The first-order valence-corrected chi connectivity index (χ1v) is 3.01. The van der Waals surface area contributed by atoms with E-state index in [0.717, 1.165) is 13.8 Å². The molecule has 6 heteroatoms. The van der Waals surface area contributed by atoms with Crippen molar-refractivity contribution >= 4 is 11.9 Å². The van der Waals surface area contributed by atoms with Crippen LogP contribution < -0.4 is 0 Å². The molecule has 0 heterocycles. The highest BCUT2D eigenvalue weighted by atomic mass is 19.3. The van der Waals surface area contributed by atoms with E-state index in [1.807, 2.05) is 0 Å². The van der Waals surface area contributed by atoms with Crippen LogP contribution >= 0.6 is 0 Å². The van der Waals surface area contributed by atoms with E-state index >= 15 is 0 Å². The minimum absolute atomic E-state index is 0.986. The molecule has 0 aliphatic carbocycles. The standard InChI is InChI=1S/C6H8F2O4/c1-6(2,3(9)10)4(11)12-5(7)8/h5H,1-2H3,(H,9,10). The number of hydrogen-bond acceptors (Lipinski definition) is 3. The molecule has 0 aromatic heterocycles. The third kappa shape index (κ3) is 2.44. The summed E-state index contributed by atoms with van der Waals surface area (Å²) in [5.41, 5.74) is -1.93. The average Bonchev–Trinajstić information content (AvgIpc) is 1.85. The molecule has 0 aromatic rings. The highest BCUT2D eigenvalue weighted by molar-refractivity contribution is 5.98. The number of carbonyl (C=O) groups is 2. The summed E-state index contributed by atoms with van der Waals surface area (Å²) in [7, 11) is 0. The smallest absolute Gasteiger partial charge is 0.389 e. The van der Waals surface area contributed by atoms with Crippen molar-refractivity contribution in [1.29, 1.82) is 0 Å². The van der Waals surface area contributed by atoms with Gasteiger partial charge in [0.05, 0.1) is 0 Å². The van der Waals surface area contributed by atoms with Gasteiger partial charge in [0, 0.05) is 0 Å². The molecule has 0 atom stereocenters. The molecule has 12 heavy (non-hydrogen) atoms. The third-order valence-electron chi connectivity index (χ3n) is 1.24. The van der Waals surface area contributed by atoms with E-state index in [1.165, 1.54) is 0 Å². The second kappa shape index (κ2) is 3.46. The molecule has 0 radical (unpaired) electrons. The zero-order chi connectivity index (χ0) is 9.94. The number of carboxylic acids is 1. The lowest BCUT2D eigenvalue weighted by atomic mass is 9.94. The third-order valence-corrected chi connectivity index (χ3v) is 1.24. The lowest BCUT2D eigenvalue weighted by Gasteiger charge is -2.16. The van der Waals surface area contributed by atoms with Gasteiger partial charge in [-0.05, 0) is 13.8 Å². The van der Waals surface area contributed by atoms with Crippen molar-refractivity contribution in [2.45, 2.75) is 20.5 Å². The number of carboxylic acid groups (broad SMARTS) is 1. The lowest BCUT2D eigenvalue weighted by molar-refractivity contribution is -0.190. The summed E-state index contributed by atoms with van der Waals surface area (Å²) in [6.07, 6.45) is 0. The average molecular weight is 182 g/mol. The van der Waals surface area contributed by atoms with Crippen LogP contribution in [0.2, 0.25) is 0 Å². The van der Waals surface area contributed by atoms with Crippen LogP contribution in [0.4, 0.5) is 8.78 Å². The second-order valence-electron chi connectivity index (χ2n) is 2.60. The predicted molar refractivity (Wildman–Crippen MR) is 33.5 cm³/mol. The number of alkyl halides is 2. The monoisotopic (exact) mass is 182 g/mol. The van der Waals surface area contributed by atoms with Crippen molar-refractivity contribution in [2.75, 3.05) is 0 Å². The number of ether oxygens (including phenoxy) is 1. The van der Waals surface area contributed by atoms with Crippen molar-refractivity contribution in [2.24, 2.45) is 5.41 Å². The topological polar surface area (TPSA) is 63.6 Å². The van der Waals surface area contributed by atoms with Gasteiger partial charge < -0.3 is 9.84 Å². The van der Waals surface area contributed by atoms with Crippen LogP contribution in [0.15, 0.2) is 0 Å². The predicted octanol–water partition coefficient (Wildman–Crippen LogP) is 0.863. The zero-order valence-corrected chi connectivity index (χ0v) is 6.51. The molecule has 0 rings (SSSR count). The van der Waals surface area contributed by atoms with Crippen molar-refractivity contribution in [3.8, 4) is 0 Å². The maximum absolute atomic E-state index is 11.4. The van der Waals surface area contributed by atoms with Crippen LogP contribution in [0.25, 0.3) is 0 Å². The Morgan fingerprint density at radius 3 is 2.08 bits per heavy atom. The Hall–Kier alpha value is -1.20. The molecule has 0 aliphatic heterocycles. The van der Waals surface area contributed by atoms with Gasteiger partial charge in [0.2, 0.25) is 0 Å². The molecule has 1 N–H and O–H groups in total. The lowest BCUT2D eigenvalue weighted by Crippen LogP contribution is -2.35. The van der Waals surface area contributed by atoms with E-state index in [4.69, 9.17) is 5.11 Å². The summed E-state index contributed by atoms with van der Waals surface area (Å²) >= 11 is 0. The van der Waals surface area contributed by atoms with Crippen LogP contribution in [0.3, 0.4) is 0 Å². The minimum atomic E-state index is -3.28. The summed E-state index contributed by atoms with van der Waals surface area (Å²) in [5, 5.41) is 8.38. The number of rotatable bonds is 3. The highest BCUT2D eigenvalue weighted by Crippen LogP contribution is 2.18. The van der Waals surface area contributed by atoms with Crippen LogP contribution in [0.5, 0.6) is 0 Å². The first-order chi connectivity index (χ1) is 5.28. The Balaban J connectivity index is 4.36. The van der Waals surface area contributed by atoms with Gasteiger partial charge in [-0.2, -0.15) is 8.78 Å². The fourth-order valence-electron chi connectivity index (χ4n) is 0.316. The number of aliphatic carboxylic acids is 1. The summed E-state index contributed by atoms with van der Waals surface area (Å²) in [4.78, 5) is 20.9. The van der Waals surface area contributed by atoms with Gasteiger partial charge in [-0.1, -0.05) is 0 Å². The Bertz CT molecular complexity index is 200. The van der Waals surface area contributed by atoms with E-state index in [1.54, 1.807) is 0 Å². The van der Waals surface area contributed by atoms with Gasteiger partial charge in [-0.3, -0.25) is 9.59 Å². The molecule has 4 nitrogen and oxygen atoms in total. The Kier molecular flexibility index (Phi) is 3.12. The maximum atomic E-state index is 11.4. The van der Waals surface area contributed by atoms with E-state index < -0.39 is 24.0 Å². The Labute approximate surface area is 67.1 Å². The quantitative estimate of drug-likeness (QED) is 0.519.